The van der Waals surface area contributed by atoms with E-state index in [0.29, 0.717) is 17.9 Å². The molecule has 1 aromatic carbocycles. The number of amides is 1. The Morgan fingerprint density at radius 1 is 1.23 bits per heavy atom. The molecule has 2 heterocycles. The average molecular weight is 419 g/mol. The van der Waals surface area contributed by atoms with Crippen LogP contribution < -0.4 is 15.0 Å². The number of anilines is 1. The number of carbonyl (C=O) groups is 1. The number of rotatable bonds is 5. The lowest BCUT2D eigenvalue weighted by molar-refractivity contribution is 0.0949. The van der Waals surface area contributed by atoms with Crippen molar-refractivity contribution in [2.45, 2.75) is 32.7 Å². The SMILES string of the molecule is COc1ccc(Br)c(C(=O)NCc2cc(C)nc(N3CCCCC3)n2)c1. The van der Waals surface area contributed by atoms with Crippen molar-refractivity contribution in [1.29, 1.82) is 0 Å². The van der Waals surface area contributed by atoms with Crippen molar-refractivity contribution in [2.24, 2.45) is 0 Å². The maximum Gasteiger partial charge on any atom is 0.252 e. The second-order valence-electron chi connectivity index (χ2n) is 6.38. The van der Waals surface area contributed by atoms with E-state index in [1.165, 1.54) is 19.3 Å². The first-order valence-corrected chi connectivity index (χ1v) is 9.57. The number of aromatic nitrogens is 2. The van der Waals surface area contributed by atoms with Crippen molar-refractivity contribution in [3.8, 4) is 5.75 Å². The molecule has 1 amide bonds. The zero-order valence-corrected chi connectivity index (χ0v) is 16.7. The molecule has 0 unspecified atom stereocenters. The molecule has 1 saturated heterocycles. The van der Waals surface area contributed by atoms with Gasteiger partial charge in [0, 0.05) is 23.3 Å². The third kappa shape index (κ3) is 4.52. The van der Waals surface area contributed by atoms with Gasteiger partial charge >= 0.3 is 0 Å². The van der Waals surface area contributed by atoms with Gasteiger partial charge in [0.1, 0.15) is 5.75 Å². The number of nitrogens with one attached hydrogen (secondary N) is 1. The number of halogens is 1. The lowest BCUT2D eigenvalue weighted by Gasteiger charge is -2.27. The van der Waals surface area contributed by atoms with Crippen molar-refractivity contribution in [3.63, 3.8) is 0 Å². The molecule has 0 saturated carbocycles. The summed E-state index contributed by atoms with van der Waals surface area (Å²) in [4.78, 5) is 24.0. The van der Waals surface area contributed by atoms with E-state index in [0.717, 1.165) is 34.9 Å². The van der Waals surface area contributed by atoms with Gasteiger partial charge < -0.3 is 15.0 Å². The largest absolute Gasteiger partial charge is 0.497 e. The van der Waals surface area contributed by atoms with Crippen molar-refractivity contribution >= 4 is 27.8 Å². The number of aryl methyl sites for hydroxylation is 1. The first-order chi connectivity index (χ1) is 12.6. The fourth-order valence-corrected chi connectivity index (χ4v) is 3.44. The Kier molecular flexibility index (Phi) is 6.08. The molecule has 0 aliphatic carbocycles. The minimum Gasteiger partial charge on any atom is -0.497 e. The van der Waals surface area contributed by atoms with E-state index < -0.39 is 0 Å². The molecule has 0 atom stereocenters. The molecule has 138 valence electrons. The summed E-state index contributed by atoms with van der Waals surface area (Å²) >= 11 is 3.41. The molecule has 26 heavy (non-hydrogen) atoms. The zero-order chi connectivity index (χ0) is 18.5. The molecule has 1 fully saturated rings. The van der Waals surface area contributed by atoms with E-state index >= 15 is 0 Å². The van der Waals surface area contributed by atoms with Gasteiger partial charge in [-0.2, -0.15) is 0 Å². The second-order valence-corrected chi connectivity index (χ2v) is 7.23. The summed E-state index contributed by atoms with van der Waals surface area (Å²) in [6.07, 6.45) is 3.61. The van der Waals surface area contributed by atoms with Crippen LogP contribution in [0.2, 0.25) is 0 Å². The predicted molar refractivity (Wildman–Crippen MR) is 105 cm³/mol. The number of carbonyl (C=O) groups excluding carboxylic acids is 1. The minimum absolute atomic E-state index is 0.174. The molecule has 3 rings (SSSR count). The van der Waals surface area contributed by atoms with Crippen molar-refractivity contribution in [3.05, 3.63) is 45.7 Å². The molecule has 7 heteroatoms. The number of hydrogen-bond donors (Lipinski definition) is 1. The molecular weight excluding hydrogens is 396 g/mol. The minimum atomic E-state index is -0.174. The van der Waals surface area contributed by atoms with Crippen molar-refractivity contribution in [1.82, 2.24) is 15.3 Å². The topological polar surface area (TPSA) is 67.3 Å². The molecule has 0 bridgehead atoms. The number of hydrogen-bond acceptors (Lipinski definition) is 5. The van der Waals surface area contributed by atoms with Gasteiger partial charge in [0.05, 0.1) is 24.9 Å². The average Bonchev–Trinajstić information content (AvgIpc) is 2.67. The van der Waals surface area contributed by atoms with Gasteiger partial charge in [-0.25, -0.2) is 9.97 Å². The van der Waals surface area contributed by atoms with Crippen LogP contribution in [0.1, 0.15) is 41.0 Å². The van der Waals surface area contributed by atoms with E-state index in [1.54, 1.807) is 25.3 Å². The van der Waals surface area contributed by atoms with Crippen LogP contribution in [-0.2, 0) is 6.54 Å². The Bertz CT molecular complexity index is 791. The van der Waals surface area contributed by atoms with Gasteiger partial charge in [-0.15, -0.1) is 0 Å². The molecule has 0 radical (unpaired) electrons. The fourth-order valence-electron chi connectivity index (χ4n) is 3.01. The van der Waals surface area contributed by atoms with E-state index in [-0.39, 0.29) is 5.91 Å². The van der Waals surface area contributed by atoms with Crippen LogP contribution in [0, 0.1) is 6.92 Å². The summed E-state index contributed by atoms with van der Waals surface area (Å²) in [7, 11) is 1.58. The number of piperidine rings is 1. The van der Waals surface area contributed by atoms with Crippen LogP contribution in [0.5, 0.6) is 5.75 Å². The summed E-state index contributed by atoms with van der Waals surface area (Å²) in [5, 5.41) is 2.93. The number of methoxy groups -OCH3 is 1. The maximum absolute atomic E-state index is 12.5. The van der Waals surface area contributed by atoms with E-state index in [9.17, 15) is 4.79 Å². The Balaban J connectivity index is 1.71. The Morgan fingerprint density at radius 2 is 2.00 bits per heavy atom. The highest BCUT2D eigenvalue weighted by molar-refractivity contribution is 9.10. The van der Waals surface area contributed by atoms with Gasteiger partial charge in [-0.05, 0) is 66.4 Å². The first kappa shape index (κ1) is 18.6. The second kappa shape index (κ2) is 8.49. The van der Waals surface area contributed by atoms with Gasteiger partial charge in [-0.1, -0.05) is 0 Å². The summed E-state index contributed by atoms with van der Waals surface area (Å²) < 4.78 is 5.92. The highest BCUT2D eigenvalue weighted by Gasteiger charge is 2.16. The van der Waals surface area contributed by atoms with Crippen LogP contribution in [0.15, 0.2) is 28.7 Å². The van der Waals surface area contributed by atoms with Gasteiger partial charge in [0.2, 0.25) is 5.95 Å². The summed E-state index contributed by atoms with van der Waals surface area (Å²) in [6, 6.07) is 7.23. The molecule has 2 aromatic rings. The fraction of sp³-hybridized carbons (Fsp3) is 0.421. The van der Waals surface area contributed by atoms with E-state index in [1.807, 2.05) is 13.0 Å². The van der Waals surface area contributed by atoms with Crippen LogP contribution >= 0.6 is 15.9 Å². The van der Waals surface area contributed by atoms with Crippen LogP contribution in [-0.4, -0.2) is 36.1 Å². The standard InChI is InChI=1S/C19H23BrN4O2/c1-13-10-14(23-19(22-13)24-8-4-3-5-9-24)12-21-18(25)16-11-15(26-2)6-7-17(16)20/h6-7,10-11H,3-5,8-9,12H2,1-2H3,(H,21,25). The van der Waals surface area contributed by atoms with Crippen LogP contribution in [0.25, 0.3) is 0 Å². The Labute approximate surface area is 162 Å². The lowest BCUT2D eigenvalue weighted by atomic mass is 10.1. The normalized spacial score (nSPS) is 14.2. The third-order valence-electron chi connectivity index (χ3n) is 4.38. The quantitative estimate of drug-likeness (QED) is 0.804. The molecule has 0 spiro atoms. The number of benzene rings is 1. The Hall–Kier alpha value is -2.15. The van der Waals surface area contributed by atoms with Crippen molar-refractivity contribution in [2.75, 3.05) is 25.1 Å². The van der Waals surface area contributed by atoms with Gasteiger partial charge in [-0.3, -0.25) is 4.79 Å². The summed E-state index contributed by atoms with van der Waals surface area (Å²) in [5.41, 5.74) is 2.25. The molecular formula is C19H23BrN4O2. The van der Waals surface area contributed by atoms with Crippen LogP contribution in [0.4, 0.5) is 5.95 Å². The summed E-state index contributed by atoms with van der Waals surface area (Å²) in [6.45, 7) is 4.30. The lowest BCUT2D eigenvalue weighted by Crippen LogP contribution is -2.32. The zero-order valence-electron chi connectivity index (χ0n) is 15.1. The third-order valence-corrected chi connectivity index (χ3v) is 5.07. The Morgan fingerprint density at radius 3 is 2.73 bits per heavy atom. The molecule has 1 aromatic heterocycles. The monoisotopic (exact) mass is 418 g/mol. The number of ether oxygens (including phenoxy) is 1. The van der Waals surface area contributed by atoms with E-state index in [2.05, 4.69) is 36.1 Å². The molecule has 1 aliphatic heterocycles. The predicted octanol–water partition coefficient (Wildman–Crippen LogP) is 3.48. The van der Waals surface area contributed by atoms with Gasteiger partial charge in [0.25, 0.3) is 5.91 Å². The first-order valence-electron chi connectivity index (χ1n) is 8.78. The van der Waals surface area contributed by atoms with Gasteiger partial charge in [0.15, 0.2) is 0 Å². The smallest absolute Gasteiger partial charge is 0.252 e. The number of nitrogens with zero attached hydrogens (tertiary/aromatic N) is 3. The van der Waals surface area contributed by atoms with Crippen molar-refractivity contribution < 1.29 is 9.53 Å². The van der Waals surface area contributed by atoms with Crippen LogP contribution in [0.3, 0.4) is 0 Å². The molecule has 1 aliphatic rings. The molecule has 1 N–H and O–H groups in total. The highest BCUT2D eigenvalue weighted by Crippen LogP contribution is 2.22. The highest BCUT2D eigenvalue weighted by atomic mass is 79.9. The molecule has 6 nitrogen and oxygen atoms in total. The maximum atomic E-state index is 12.5. The van der Waals surface area contributed by atoms with E-state index in [4.69, 9.17) is 4.74 Å². The summed E-state index contributed by atoms with van der Waals surface area (Å²) in [5.74, 6) is 1.23.